The van der Waals surface area contributed by atoms with Gasteiger partial charge in [-0.3, -0.25) is 0 Å². The third kappa shape index (κ3) is 1.12. The SMILES string of the molecule is O=c1ccc2c(S)cccc2o1. The first kappa shape index (κ1) is 7.43. The standard InChI is InChI=1S/C9H6O2S/c10-9-5-4-6-7(11-9)2-1-3-8(6)12/h1-5,12H. The molecule has 0 unspecified atom stereocenters. The van der Waals surface area contributed by atoms with Gasteiger partial charge in [-0.2, -0.15) is 0 Å². The van der Waals surface area contributed by atoms with E-state index in [-0.39, 0.29) is 5.63 Å². The molecule has 0 fully saturated rings. The van der Waals surface area contributed by atoms with Crippen molar-refractivity contribution in [3.63, 3.8) is 0 Å². The van der Waals surface area contributed by atoms with Crippen LogP contribution in [0.5, 0.6) is 0 Å². The number of hydrogen-bond acceptors (Lipinski definition) is 3. The van der Waals surface area contributed by atoms with Crippen molar-refractivity contribution in [1.29, 1.82) is 0 Å². The summed E-state index contributed by atoms with van der Waals surface area (Å²) in [6, 6.07) is 8.50. The Hall–Kier alpha value is -1.22. The predicted octanol–water partition coefficient (Wildman–Crippen LogP) is 2.08. The van der Waals surface area contributed by atoms with Gasteiger partial charge < -0.3 is 4.42 Å². The second-order valence-electron chi connectivity index (χ2n) is 2.44. The minimum Gasteiger partial charge on any atom is -0.423 e. The van der Waals surface area contributed by atoms with E-state index in [1.165, 1.54) is 6.07 Å². The number of fused-ring (bicyclic) bond motifs is 1. The van der Waals surface area contributed by atoms with Gasteiger partial charge in [0.1, 0.15) is 5.58 Å². The fourth-order valence-electron chi connectivity index (χ4n) is 1.08. The highest BCUT2D eigenvalue weighted by Gasteiger charge is 1.98. The molecular formula is C9H6O2S. The van der Waals surface area contributed by atoms with E-state index in [0.717, 1.165) is 10.3 Å². The average Bonchev–Trinajstić information content (AvgIpc) is 2.04. The average molecular weight is 178 g/mol. The Morgan fingerprint density at radius 2 is 2.00 bits per heavy atom. The molecule has 0 aliphatic carbocycles. The molecule has 12 heavy (non-hydrogen) atoms. The minimum atomic E-state index is -0.332. The molecule has 2 nitrogen and oxygen atoms in total. The highest BCUT2D eigenvalue weighted by molar-refractivity contribution is 7.80. The van der Waals surface area contributed by atoms with Gasteiger partial charge in [0, 0.05) is 16.3 Å². The minimum absolute atomic E-state index is 0.332. The van der Waals surface area contributed by atoms with Gasteiger partial charge in [-0.15, -0.1) is 12.6 Å². The molecule has 2 rings (SSSR count). The summed E-state index contributed by atoms with van der Waals surface area (Å²) < 4.78 is 4.94. The Kier molecular flexibility index (Phi) is 1.66. The summed E-state index contributed by atoms with van der Waals surface area (Å²) in [5, 5.41) is 0.862. The van der Waals surface area contributed by atoms with E-state index in [4.69, 9.17) is 4.42 Å². The summed E-state index contributed by atoms with van der Waals surface area (Å²) >= 11 is 4.22. The fourth-order valence-corrected chi connectivity index (χ4v) is 1.35. The Morgan fingerprint density at radius 3 is 2.83 bits per heavy atom. The zero-order chi connectivity index (χ0) is 8.55. The lowest BCUT2D eigenvalue weighted by molar-refractivity contribution is 0.560. The second kappa shape index (κ2) is 2.68. The summed E-state index contributed by atoms with van der Waals surface area (Å²) in [6.07, 6.45) is 0. The molecule has 0 amide bonds. The van der Waals surface area contributed by atoms with Crippen molar-refractivity contribution < 1.29 is 4.42 Å². The van der Waals surface area contributed by atoms with Crippen LogP contribution in [0.3, 0.4) is 0 Å². The van der Waals surface area contributed by atoms with Crippen LogP contribution in [0.2, 0.25) is 0 Å². The molecule has 1 aromatic carbocycles. The van der Waals surface area contributed by atoms with Gasteiger partial charge in [0.25, 0.3) is 0 Å². The van der Waals surface area contributed by atoms with Gasteiger partial charge >= 0.3 is 5.63 Å². The number of rotatable bonds is 0. The third-order valence-electron chi connectivity index (χ3n) is 1.64. The van der Waals surface area contributed by atoms with E-state index in [0.29, 0.717) is 5.58 Å². The molecule has 0 atom stereocenters. The number of hydrogen-bond donors (Lipinski definition) is 1. The first-order chi connectivity index (χ1) is 5.77. The largest absolute Gasteiger partial charge is 0.423 e. The van der Waals surface area contributed by atoms with Crippen LogP contribution in [0.25, 0.3) is 11.0 Å². The Labute approximate surface area is 74.2 Å². The topological polar surface area (TPSA) is 30.2 Å². The van der Waals surface area contributed by atoms with E-state index >= 15 is 0 Å². The zero-order valence-electron chi connectivity index (χ0n) is 6.15. The maximum Gasteiger partial charge on any atom is 0.336 e. The van der Waals surface area contributed by atoms with E-state index < -0.39 is 0 Å². The van der Waals surface area contributed by atoms with Crippen molar-refractivity contribution in [2.45, 2.75) is 4.90 Å². The van der Waals surface area contributed by atoms with Crippen LogP contribution in [-0.2, 0) is 0 Å². The lowest BCUT2D eigenvalue weighted by Crippen LogP contribution is -1.94. The predicted molar refractivity (Wildman–Crippen MR) is 49.7 cm³/mol. The lowest BCUT2D eigenvalue weighted by Gasteiger charge is -1.96. The molecule has 0 aliphatic heterocycles. The van der Waals surface area contributed by atoms with Gasteiger partial charge in [-0.25, -0.2) is 4.79 Å². The summed E-state index contributed by atoms with van der Waals surface area (Å²) in [5.74, 6) is 0. The van der Waals surface area contributed by atoms with Crippen LogP contribution in [0.15, 0.2) is 44.4 Å². The fraction of sp³-hybridized carbons (Fsp3) is 0. The first-order valence-corrected chi connectivity index (χ1v) is 3.94. The monoisotopic (exact) mass is 178 g/mol. The Balaban J connectivity index is 2.96. The van der Waals surface area contributed by atoms with Crippen molar-refractivity contribution >= 4 is 23.6 Å². The van der Waals surface area contributed by atoms with Crippen LogP contribution in [0.1, 0.15) is 0 Å². The second-order valence-corrected chi connectivity index (χ2v) is 2.93. The van der Waals surface area contributed by atoms with Gasteiger partial charge in [-0.1, -0.05) is 6.07 Å². The van der Waals surface area contributed by atoms with Crippen LogP contribution < -0.4 is 5.63 Å². The van der Waals surface area contributed by atoms with Crippen molar-refractivity contribution in [2.75, 3.05) is 0 Å². The maximum absolute atomic E-state index is 10.8. The zero-order valence-corrected chi connectivity index (χ0v) is 7.04. The van der Waals surface area contributed by atoms with Crippen molar-refractivity contribution in [3.8, 4) is 0 Å². The van der Waals surface area contributed by atoms with E-state index in [2.05, 4.69) is 12.6 Å². The molecule has 3 heteroatoms. The highest BCUT2D eigenvalue weighted by atomic mass is 32.1. The summed E-state index contributed by atoms with van der Waals surface area (Å²) in [4.78, 5) is 11.6. The molecule has 0 spiro atoms. The maximum atomic E-state index is 10.8. The molecule has 0 saturated carbocycles. The molecule has 60 valence electrons. The van der Waals surface area contributed by atoms with Crippen molar-refractivity contribution in [3.05, 3.63) is 40.8 Å². The normalized spacial score (nSPS) is 10.4. The molecule has 0 saturated heterocycles. The first-order valence-electron chi connectivity index (χ1n) is 3.49. The Morgan fingerprint density at radius 1 is 1.17 bits per heavy atom. The van der Waals surface area contributed by atoms with Gasteiger partial charge in [0.15, 0.2) is 0 Å². The highest BCUT2D eigenvalue weighted by Crippen LogP contribution is 2.19. The molecule has 2 aromatic rings. The lowest BCUT2D eigenvalue weighted by atomic mass is 10.2. The third-order valence-corrected chi connectivity index (χ3v) is 2.03. The molecule has 1 heterocycles. The van der Waals surface area contributed by atoms with Gasteiger partial charge in [-0.05, 0) is 18.2 Å². The molecule has 0 N–H and O–H groups in total. The van der Waals surface area contributed by atoms with Crippen LogP contribution >= 0.6 is 12.6 Å². The van der Waals surface area contributed by atoms with E-state index in [1.54, 1.807) is 18.2 Å². The molecule has 0 aliphatic rings. The van der Waals surface area contributed by atoms with Crippen LogP contribution in [0, 0.1) is 0 Å². The quantitative estimate of drug-likeness (QED) is 0.494. The van der Waals surface area contributed by atoms with E-state index in [9.17, 15) is 4.79 Å². The summed E-state index contributed by atoms with van der Waals surface area (Å²) in [6.45, 7) is 0. The van der Waals surface area contributed by atoms with Crippen LogP contribution in [-0.4, -0.2) is 0 Å². The Bertz CT molecular complexity index is 473. The molecule has 1 aromatic heterocycles. The van der Waals surface area contributed by atoms with E-state index in [1.807, 2.05) is 6.07 Å². The summed E-state index contributed by atoms with van der Waals surface area (Å²) in [7, 11) is 0. The number of benzene rings is 1. The molecular weight excluding hydrogens is 172 g/mol. The number of thiol groups is 1. The smallest absolute Gasteiger partial charge is 0.336 e. The van der Waals surface area contributed by atoms with Crippen LogP contribution in [0.4, 0.5) is 0 Å². The molecule has 0 radical (unpaired) electrons. The molecule has 0 bridgehead atoms. The van der Waals surface area contributed by atoms with Crippen molar-refractivity contribution in [1.82, 2.24) is 0 Å². The van der Waals surface area contributed by atoms with Crippen molar-refractivity contribution in [2.24, 2.45) is 0 Å². The van der Waals surface area contributed by atoms with Gasteiger partial charge in [0.2, 0.25) is 0 Å². The summed E-state index contributed by atoms with van der Waals surface area (Å²) in [5.41, 5.74) is 0.247. The van der Waals surface area contributed by atoms with Gasteiger partial charge in [0.05, 0.1) is 0 Å².